The van der Waals surface area contributed by atoms with Crippen molar-refractivity contribution in [3.63, 3.8) is 0 Å². The van der Waals surface area contributed by atoms with Crippen LogP contribution in [0, 0.1) is 6.92 Å². The number of anilines is 1. The minimum atomic E-state index is -0.200. The number of nitrogens with one attached hydrogen (secondary N) is 1. The van der Waals surface area contributed by atoms with Gasteiger partial charge >= 0.3 is 0 Å². The minimum Gasteiger partial charge on any atom is -0.451 e. The summed E-state index contributed by atoms with van der Waals surface area (Å²) in [5.41, 5.74) is 3.95. The van der Waals surface area contributed by atoms with Crippen LogP contribution in [0.1, 0.15) is 46.6 Å². The fourth-order valence-corrected chi connectivity index (χ4v) is 5.31. The van der Waals surface area contributed by atoms with E-state index in [4.69, 9.17) is 4.42 Å². The predicted molar refractivity (Wildman–Crippen MR) is 140 cm³/mol. The van der Waals surface area contributed by atoms with E-state index in [-0.39, 0.29) is 5.91 Å². The van der Waals surface area contributed by atoms with Crippen LogP contribution >= 0.6 is 0 Å². The summed E-state index contributed by atoms with van der Waals surface area (Å²) in [6.07, 6.45) is 6.45. The van der Waals surface area contributed by atoms with Crippen LogP contribution in [0.2, 0.25) is 0 Å². The molecule has 4 heterocycles. The van der Waals surface area contributed by atoms with Crippen LogP contribution in [-0.4, -0.2) is 71.0 Å². The summed E-state index contributed by atoms with van der Waals surface area (Å²) in [4.78, 5) is 28.9. The topological polar surface area (TPSA) is 77.7 Å². The number of aromatic nitrogens is 2. The van der Waals surface area contributed by atoms with Gasteiger partial charge in [0.1, 0.15) is 17.8 Å². The van der Waals surface area contributed by atoms with Crippen LogP contribution in [0.5, 0.6) is 0 Å². The van der Waals surface area contributed by atoms with Gasteiger partial charge in [0.25, 0.3) is 5.91 Å². The van der Waals surface area contributed by atoms with Crippen molar-refractivity contribution >= 4 is 11.7 Å². The van der Waals surface area contributed by atoms with Crippen LogP contribution in [-0.2, 0) is 13.1 Å². The molecule has 1 amide bonds. The number of hydrogen-bond donors (Lipinski definition) is 1. The zero-order valence-electron chi connectivity index (χ0n) is 21.1. The van der Waals surface area contributed by atoms with Gasteiger partial charge in [-0.1, -0.05) is 30.3 Å². The molecule has 3 aromatic rings. The lowest BCUT2D eigenvalue weighted by atomic mass is 10.0. The minimum absolute atomic E-state index is 0.200. The highest BCUT2D eigenvalue weighted by atomic mass is 16.3. The maximum Gasteiger partial charge on any atom is 0.270 e. The van der Waals surface area contributed by atoms with E-state index in [0.29, 0.717) is 24.0 Å². The van der Waals surface area contributed by atoms with E-state index in [1.165, 1.54) is 36.6 Å². The van der Waals surface area contributed by atoms with Crippen LogP contribution < -0.4 is 10.2 Å². The Morgan fingerprint density at radius 2 is 1.89 bits per heavy atom. The molecule has 0 atom stereocenters. The van der Waals surface area contributed by atoms with Gasteiger partial charge in [0.05, 0.1) is 12.2 Å². The van der Waals surface area contributed by atoms with Gasteiger partial charge in [0, 0.05) is 38.8 Å². The van der Waals surface area contributed by atoms with Crippen molar-refractivity contribution in [2.45, 2.75) is 45.3 Å². The lowest BCUT2D eigenvalue weighted by Gasteiger charge is -2.38. The Morgan fingerprint density at radius 1 is 1.03 bits per heavy atom. The normalized spacial score (nSPS) is 18.2. The van der Waals surface area contributed by atoms with Crippen molar-refractivity contribution in [2.75, 3.05) is 44.2 Å². The molecule has 2 aliphatic rings. The molecular weight excluding hydrogens is 452 g/mol. The summed E-state index contributed by atoms with van der Waals surface area (Å²) in [6, 6.07) is 15.1. The number of amides is 1. The average molecular weight is 489 g/mol. The largest absolute Gasteiger partial charge is 0.451 e. The van der Waals surface area contributed by atoms with Crippen molar-refractivity contribution in [3.05, 3.63) is 77.6 Å². The predicted octanol–water partition coefficient (Wildman–Crippen LogP) is 3.48. The number of likely N-dealkylation sites (tertiary alicyclic amines) is 1. The Hall–Kier alpha value is -3.23. The number of carbonyl (C=O) groups is 1. The van der Waals surface area contributed by atoms with Crippen LogP contribution in [0.3, 0.4) is 0 Å². The zero-order valence-corrected chi connectivity index (χ0v) is 21.1. The van der Waals surface area contributed by atoms with E-state index < -0.39 is 0 Å². The van der Waals surface area contributed by atoms with Crippen molar-refractivity contribution in [1.82, 2.24) is 25.1 Å². The molecule has 1 N–H and O–H groups in total. The molecule has 0 spiro atoms. The van der Waals surface area contributed by atoms with Crippen molar-refractivity contribution in [1.29, 1.82) is 0 Å². The molecule has 0 aliphatic carbocycles. The fourth-order valence-electron chi connectivity index (χ4n) is 5.31. The molecule has 0 bridgehead atoms. The van der Waals surface area contributed by atoms with Gasteiger partial charge in [0.2, 0.25) is 0 Å². The van der Waals surface area contributed by atoms with E-state index >= 15 is 0 Å². The van der Waals surface area contributed by atoms with Gasteiger partial charge in [-0.05, 0) is 62.5 Å². The van der Waals surface area contributed by atoms with Gasteiger partial charge < -0.3 is 14.6 Å². The molecule has 0 unspecified atom stereocenters. The number of oxazole rings is 1. The molecule has 5 rings (SSSR count). The van der Waals surface area contributed by atoms with Gasteiger partial charge in [0.15, 0.2) is 6.39 Å². The molecule has 2 saturated heterocycles. The highest BCUT2D eigenvalue weighted by Gasteiger charge is 2.27. The first kappa shape index (κ1) is 24.5. The molecule has 2 aliphatic heterocycles. The first-order valence-corrected chi connectivity index (χ1v) is 13.0. The van der Waals surface area contributed by atoms with Crippen molar-refractivity contribution < 1.29 is 9.21 Å². The SMILES string of the molecule is Cc1ccccc1CN1CCC(N2CCCN(c3cccc(C(=O)NCc4cocn4)n3)CC2)CC1. The summed E-state index contributed by atoms with van der Waals surface area (Å²) in [5.74, 6) is 0.674. The van der Waals surface area contributed by atoms with Gasteiger partial charge in [-0.15, -0.1) is 0 Å². The van der Waals surface area contributed by atoms with E-state index in [0.717, 1.165) is 58.1 Å². The Morgan fingerprint density at radius 3 is 2.69 bits per heavy atom. The summed E-state index contributed by atoms with van der Waals surface area (Å²) in [6.45, 7) is 9.95. The molecule has 1 aromatic carbocycles. The first-order valence-electron chi connectivity index (χ1n) is 13.0. The number of piperidine rings is 1. The summed E-state index contributed by atoms with van der Waals surface area (Å²) in [5, 5.41) is 2.86. The Kier molecular flexibility index (Phi) is 7.93. The third-order valence-corrected chi connectivity index (χ3v) is 7.46. The van der Waals surface area contributed by atoms with Crippen LogP contribution in [0.15, 0.2) is 59.5 Å². The second-order valence-corrected chi connectivity index (χ2v) is 9.85. The molecule has 2 fully saturated rings. The summed E-state index contributed by atoms with van der Waals surface area (Å²) >= 11 is 0. The van der Waals surface area contributed by atoms with Crippen LogP contribution in [0.4, 0.5) is 5.82 Å². The lowest BCUT2D eigenvalue weighted by Crippen LogP contribution is -2.46. The third kappa shape index (κ3) is 6.12. The van der Waals surface area contributed by atoms with Gasteiger partial charge in [-0.25, -0.2) is 9.97 Å². The van der Waals surface area contributed by atoms with Crippen molar-refractivity contribution in [2.24, 2.45) is 0 Å². The van der Waals surface area contributed by atoms with Crippen LogP contribution in [0.25, 0.3) is 0 Å². The average Bonchev–Trinajstić information content (AvgIpc) is 3.32. The van der Waals surface area contributed by atoms with Crippen molar-refractivity contribution in [3.8, 4) is 0 Å². The maximum absolute atomic E-state index is 12.6. The second kappa shape index (κ2) is 11.7. The van der Waals surface area contributed by atoms with E-state index in [9.17, 15) is 4.79 Å². The Labute approximate surface area is 213 Å². The number of hydrogen-bond acceptors (Lipinski definition) is 7. The second-order valence-electron chi connectivity index (χ2n) is 9.85. The first-order chi connectivity index (χ1) is 17.7. The highest BCUT2D eigenvalue weighted by Crippen LogP contribution is 2.22. The smallest absolute Gasteiger partial charge is 0.270 e. The monoisotopic (exact) mass is 488 g/mol. The molecule has 8 nitrogen and oxygen atoms in total. The van der Waals surface area contributed by atoms with E-state index in [1.807, 2.05) is 12.1 Å². The molecule has 2 aromatic heterocycles. The summed E-state index contributed by atoms with van der Waals surface area (Å²) < 4.78 is 4.96. The molecule has 0 saturated carbocycles. The van der Waals surface area contributed by atoms with Gasteiger partial charge in [-0.3, -0.25) is 14.6 Å². The molecule has 36 heavy (non-hydrogen) atoms. The van der Waals surface area contributed by atoms with Gasteiger partial charge in [-0.2, -0.15) is 0 Å². The molecule has 0 radical (unpaired) electrons. The number of pyridine rings is 1. The number of carbonyl (C=O) groups excluding carboxylic acids is 1. The quantitative estimate of drug-likeness (QED) is 0.546. The Bertz CT molecular complexity index is 1130. The third-order valence-electron chi connectivity index (χ3n) is 7.46. The highest BCUT2D eigenvalue weighted by molar-refractivity contribution is 5.92. The number of benzene rings is 1. The van der Waals surface area contributed by atoms with E-state index in [2.05, 4.69) is 61.2 Å². The molecule has 8 heteroatoms. The zero-order chi connectivity index (χ0) is 24.7. The molecular formula is C28H36N6O2. The maximum atomic E-state index is 12.6. The lowest BCUT2D eigenvalue weighted by molar-refractivity contribution is 0.0945. The summed E-state index contributed by atoms with van der Waals surface area (Å²) in [7, 11) is 0. The standard InChI is InChI=1S/C28H36N6O2/c1-22-6-2-3-7-23(22)19-32-14-10-25(11-15-32)33-12-5-13-34(17-16-33)27-9-4-8-26(31-27)28(35)29-18-24-20-36-21-30-24/h2-4,6-9,20-21,25H,5,10-19H2,1H3,(H,29,35). The number of nitrogens with zero attached hydrogens (tertiary/aromatic N) is 5. The number of aryl methyl sites for hydroxylation is 1. The number of rotatable bonds is 7. The van der Waals surface area contributed by atoms with E-state index in [1.54, 1.807) is 6.07 Å². The fraction of sp³-hybridized carbons (Fsp3) is 0.464. The molecule has 190 valence electrons. The Balaban J connectivity index is 1.12.